The van der Waals surface area contributed by atoms with E-state index in [0.717, 1.165) is 93.7 Å². The molecule has 36 heavy (non-hydrogen) atoms. The zero-order valence-corrected chi connectivity index (χ0v) is 22.5. The quantitative estimate of drug-likeness (QED) is 0.256. The maximum absolute atomic E-state index is 13.3. The molecule has 1 amide bonds. The van der Waals surface area contributed by atoms with Gasteiger partial charge in [-0.15, -0.1) is 0 Å². The maximum atomic E-state index is 13.3. The van der Waals surface area contributed by atoms with Gasteiger partial charge >= 0.3 is 6.09 Å². The summed E-state index contributed by atoms with van der Waals surface area (Å²) in [7, 11) is 0. The number of allylic oxidation sites excluding steroid dienone is 3. The topological polar surface area (TPSA) is 70.0 Å². The third-order valence-electron chi connectivity index (χ3n) is 8.40. The minimum absolute atomic E-state index is 0.0124. The monoisotopic (exact) mass is 495 g/mol. The van der Waals surface area contributed by atoms with Crippen LogP contribution in [0.4, 0.5) is 4.79 Å². The second kappa shape index (κ2) is 11.7. The van der Waals surface area contributed by atoms with Gasteiger partial charge in [0.1, 0.15) is 17.6 Å². The van der Waals surface area contributed by atoms with E-state index in [9.17, 15) is 15.0 Å². The molecule has 4 rings (SSSR count). The number of carbonyl (C=O) groups is 1. The number of aromatic hydroxyl groups is 2. The highest BCUT2D eigenvalue weighted by Crippen LogP contribution is 2.48. The van der Waals surface area contributed by atoms with Gasteiger partial charge in [-0.05, 0) is 95.6 Å². The number of amides is 1. The standard InChI is InChI=1S/C31H45NO4/c1-5-6-7-10-22-18-28(33)29(26-17-21(4)13-16-25(26)20(2)3)30(34)27(22)19-32(23-14-15-23)31(35)36-24-11-8-9-12-24/h17-18,23-26,33-34H,2,5-16,19H2,1,3-4H3. The van der Waals surface area contributed by atoms with Crippen LogP contribution in [0.2, 0.25) is 0 Å². The van der Waals surface area contributed by atoms with Gasteiger partial charge < -0.3 is 19.8 Å². The van der Waals surface area contributed by atoms with Gasteiger partial charge in [0.2, 0.25) is 0 Å². The number of aryl methyl sites for hydroxylation is 1. The molecule has 5 heteroatoms. The molecular weight excluding hydrogens is 450 g/mol. The zero-order valence-electron chi connectivity index (χ0n) is 22.5. The first-order chi connectivity index (χ1) is 17.3. The van der Waals surface area contributed by atoms with Gasteiger partial charge in [0.25, 0.3) is 0 Å². The molecule has 2 atom stereocenters. The molecule has 0 spiro atoms. The molecule has 0 radical (unpaired) electrons. The number of hydrogen-bond acceptors (Lipinski definition) is 4. The molecule has 0 bridgehead atoms. The highest BCUT2D eigenvalue weighted by Gasteiger charge is 2.37. The van der Waals surface area contributed by atoms with Crippen LogP contribution in [-0.2, 0) is 17.7 Å². The van der Waals surface area contributed by atoms with Crippen LogP contribution in [0, 0.1) is 5.92 Å². The van der Waals surface area contributed by atoms with Crippen molar-refractivity contribution in [2.24, 2.45) is 5.92 Å². The average Bonchev–Trinajstić information content (AvgIpc) is 3.54. The van der Waals surface area contributed by atoms with Crippen LogP contribution in [0.1, 0.15) is 114 Å². The van der Waals surface area contributed by atoms with Crippen molar-refractivity contribution in [1.29, 1.82) is 0 Å². The highest BCUT2D eigenvalue weighted by atomic mass is 16.6. The summed E-state index contributed by atoms with van der Waals surface area (Å²) in [5, 5.41) is 23.0. The van der Waals surface area contributed by atoms with E-state index in [4.69, 9.17) is 4.74 Å². The number of benzene rings is 1. The summed E-state index contributed by atoms with van der Waals surface area (Å²) in [5.41, 5.74) is 4.62. The Morgan fingerprint density at radius 1 is 1.14 bits per heavy atom. The number of carbonyl (C=O) groups excluding carboxylic acids is 1. The van der Waals surface area contributed by atoms with Crippen LogP contribution < -0.4 is 0 Å². The van der Waals surface area contributed by atoms with Crippen molar-refractivity contribution < 1.29 is 19.7 Å². The average molecular weight is 496 g/mol. The summed E-state index contributed by atoms with van der Waals surface area (Å²) in [5.74, 6) is 0.329. The largest absolute Gasteiger partial charge is 0.507 e. The second-order valence-electron chi connectivity index (χ2n) is 11.4. The van der Waals surface area contributed by atoms with Gasteiger partial charge in [-0.2, -0.15) is 0 Å². The number of hydrogen-bond donors (Lipinski definition) is 2. The van der Waals surface area contributed by atoms with Crippen molar-refractivity contribution in [3.05, 3.63) is 46.6 Å². The smallest absolute Gasteiger partial charge is 0.410 e. The molecule has 198 valence electrons. The Labute approximate surface area is 217 Å². The van der Waals surface area contributed by atoms with E-state index >= 15 is 0 Å². The van der Waals surface area contributed by atoms with Crippen molar-refractivity contribution in [3.63, 3.8) is 0 Å². The fraction of sp³-hybridized carbons (Fsp3) is 0.645. The first-order valence-electron chi connectivity index (χ1n) is 14.2. The number of phenolic OH excluding ortho intramolecular Hbond substituents is 2. The lowest BCUT2D eigenvalue weighted by Crippen LogP contribution is -2.35. The number of nitrogens with zero attached hydrogens (tertiary/aromatic N) is 1. The SMILES string of the molecule is C=C(C)C1CCC(C)=CC1c1c(O)cc(CCCCC)c(CN(C(=O)OC2CCCC2)C2CC2)c1O. The molecule has 2 fully saturated rings. The summed E-state index contributed by atoms with van der Waals surface area (Å²) in [6, 6.07) is 2.01. The number of rotatable bonds is 10. The first-order valence-corrected chi connectivity index (χ1v) is 14.2. The van der Waals surface area contributed by atoms with Gasteiger partial charge in [0.05, 0.1) is 6.54 Å². The summed E-state index contributed by atoms with van der Waals surface area (Å²) >= 11 is 0. The fourth-order valence-corrected chi connectivity index (χ4v) is 6.08. The molecule has 2 unspecified atom stereocenters. The summed E-state index contributed by atoms with van der Waals surface area (Å²) < 4.78 is 5.89. The molecular formula is C31H45NO4. The summed E-state index contributed by atoms with van der Waals surface area (Å²) in [6.07, 6.45) is 13.9. The fourth-order valence-electron chi connectivity index (χ4n) is 6.08. The maximum Gasteiger partial charge on any atom is 0.410 e. The predicted molar refractivity (Wildman–Crippen MR) is 144 cm³/mol. The molecule has 0 heterocycles. The van der Waals surface area contributed by atoms with E-state index < -0.39 is 0 Å². The van der Waals surface area contributed by atoms with E-state index in [1.165, 1.54) is 5.57 Å². The number of unbranched alkanes of at least 4 members (excludes halogenated alkanes) is 2. The van der Waals surface area contributed by atoms with Crippen LogP contribution in [-0.4, -0.2) is 33.4 Å². The van der Waals surface area contributed by atoms with Crippen molar-refractivity contribution in [2.45, 2.75) is 122 Å². The van der Waals surface area contributed by atoms with Crippen LogP contribution in [0.5, 0.6) is 11.5 Å². The molecule has 0 saturated heterocycles. The Hall–Kier alpha value is -2.43. The molecule has 0 aromatic heterocycles. The molecule has 2 saturated carbocycles. The van der Waals surface area contributed by atoms with Crippen molar-refractivity contribution in [3.8, 4) is 11.5 Å². The summed E-state index contributed by atoms with van der Waals surface area (Å²) in [6.45, 7) is 10.9. The van der Waals surface area contributed by atoms with E-state index in [1.54, 1.807) is 0 Å². The van der Waals surface area contributed by atoms with Crippen molar-refractivity contribution >= 4 is 6.09 Å². The van der Waals surface area contributed by atoms with Crippen molar-refractivity contribution in [1.82, 2.24) is 4.90 Å². The van der Waals surface area contributed by atoms with Crippen LogP contribution in [0.3, 0.4) is 0 Å². The second-order valence-corrected chi connectivity index (χ2v) is 11.4. The van der Waals surface area contributed by atoms with Crippen LogP contribution in [0.15, 0.2) is 29.9 Å². The van der Waals surface area contributed by atoms with Gasteiger partial charge in [-0.25, -0.2) is 4.79 Å². The van der Waals surface area contributed by atoms with E-state index in [-0.39, 0.29) is 41.6 Å². The van der Waals surface area contributed by atoms with Gasteiger partial charge in [0, 0.05) is 23.1 Å². The van der Waals surface area contributed by atoms with Crippen molar-refractivity contribution in [2.75, 3.05) is 0 Å². The van der Waals surface area contributed by atoms with E-state index in [1.807, 2.05) is 17.9 Å². The third kappa shape index (κ3) is 6.10. The summed E-state index contributed by atoms with van der Waals surface area (Å²) in [4.78, 5) is 15.1. The minimum atomic E-state index is -0.258. The van der Waals surface area contributed by atoms with E-state index in [2.05, 4.69) is 26.5 Å². The third-order valence-corrected chi connectivity index (χ3v) is 8.40. The number of phenols is 2. The van der Waals surface area contributed by atoms with Gasteiger partial charge in [-0.1, -0.05) is 43.6 Å². The Morgan fingerprint density at radius 2 is 1.86 bits per heavy atom. The lowest BCUT2D eigenvalue weighted by Gasteiger charge is -2.33. The molecule has 2 N–H and O–H groups in total. The Bertz CT molecular complexity index is 987. The molecule has 3 aliphatic rings. The minimum Gasteiger partial charge on any atom is -0.507 e. The highest BCUT2D eigenvalue weighted by molar-refractivity contribution is 5.69. The first kappa shape index (κ1) is 26.6. The van der Waals surface area contributed by atoms with E-state index in [0.29, 0.717) is 12.1 Å². The van der Waals surface area contributed by atoms with Gasteiger partial charge in [0.15, 0.2) is 0 Å². The lowest BCUT2D eigenvalue weighted by atomic mass is 9.73. The molecule has 3 aliphatic carbocycles. The Morgan fingerprint density at radius 3 is 2.50 bits per heavy atom. The number of ether oxygens (including phenoxy) is 1. The molecule has 0 aliphatic heterocycles. The Kier molecular flexibility index (Phi) is 8.69. The predicted octanol–water partition coefficient (Wildman–Crippen LogP) is 7.89. The van der Waals surface area contributed by atoms with Crippen LogP contribution >= 0.6 is 0 Å². The Balaban J connectivity index is 1.71. The molecule has 1 aromatic carbocycles. The molecule has 1 aromatic rings. The zero-order chi connectivity index (χ0) is 25.8. The lowest BCUT2D eigenvalue weighted by molar-refractivity contribution is 0.0608. The van der Waals surface area contributed by atoms with Gasteiger partial charge in [-0.3, -0.25) is 0 Å². The molecule has 5 nitrogen and oxygen atoms in total. The normalized spacial score (nSPS) is 22.4. The van der Waals surface area contributed by atoms with Crippen LogP contribution in [0.25, 0.3) is 0 Å².